The number of hydrazine groups is 1. The predicted octanol–water partition coefficient (Wildman–Crippen LogP) is 0.809. The van der Waals surface area contributed by atoms with E-state index < -0.39 is 6.04 Å². The summed E-state index contributed by atoms with van der Waals surface area (Å²) < 4.78 is 0. The molecule has 1 aromatic carbocycles. The number of nitrogens with two attached hydrogens (primary N) is 1. The van der Waals surface area contributed by atoms with E-state index in [0.717, 1.165) is 5.56 Å². The Morgan fingerprint density at radius 1 is 1.50 bits per heavy atom. The van der Waals surface area contributed by atoms with Crippen LogP contribution in [-0.4, -0.2) is 24.4 Å². The molecule has 0 aliphatic rings. The van der Waals surface area contributed by atoms with Gasteiger partial charge in [-0.05, 0) is 19.5 Å². The average Bonchev–Trinajstić information content (AvgIpc) is 2.39. The van der Waals surface area contributed by atoms with Crippen molar-refractivity contribution in [1.82, 2.24) is 10.3 Å². The standard InChI is InChI=1S/C13H18N4O/c1-10(8-14)9-17(2)12(13(18)16-15)11-6-4-3-5-7-11/h3-7,10,12H,9,15H2,1-2H3,(H,16,18). The van der Waals surface area contributed by atoms with Crippen molar-refractivity contribution in [2.24, 2.45) is 11.8 Å². The molecule has 1 aromatic rings. The lowest BCUT2D eigenvalue weighted by Crippen LogP contribution is -2.43. The Hall–Kier alpha value is -1.90. The summed E-state index contributed by atoms with van der Waals surface area (Å²) >= 11 is 0. The monoisotopic (exact) mass is 246 g/mol. The van der Waals surface area contributed by atoms with Crippen LogP contribution >= 0.6 is 0 Å². The first kappa shape index (κ1) is 14.2. The highest BCUT2D eigenvalue weighted by atomic mass is 16.2. The topological polar surface area (TPSA) is 82.2 Å². The molecule has 2 unspecified atom stereocenters. The molecule has 0 fully saturated rings. The molecule has 0 radical (unpaired) electrons. The van der Waals surface area contributed by atoms with Gasteiger partial charge in [-0.15, -0.1) is 0 Å². The molecular formula is C13H18N4O. The van der Waals surface area contributed by atoms with Crippen LogP contribution in [0.15, 0.2) is 30.3 Å². The fourth-order valence-electron chi connectivity index (χ4n) is 1.90. The maximum absolute atomic E-state index is 11.9. The van der Waals surface area contributed by atoms with Crippen LogP contribution in [0.3, 0.4) is 0 Å². The van der Waals surface area contributed by atoms with Crippen molar-refractivity contribution in [1.29, 1.82) is 5.26 Å². The van der Waals surface area contributed by atoms with Gasteiger partial charge in [0.2, 0.25) is 0 Å². The maximum atomic E-state index is 11.9. The summed E-state index contributed by atoms with van der Waals surface area (Å²) in [5.41, 5.74) is 3.03. The van der Waals surface area contributed by atoms with E-state index in [2.05, 4.69) is 11.5 Å². The Morgan fingerprint density at radius 3 is 2.61 bits per heavy atom. The second-order valence-corrected chi connectivity index (χ2v) is 4.29. The molecule has 96 valence electrons. The Labute approximate surface area is 107 Å². The number of likely N-dealkylation sites (N-methyl/N-ethyl adjacent to an activating group) is 1. The highest BCUT2D eigenvalue weighted by molar-refractivity contribution is 5.82. The van der Waals surface area contributed by atoms with Crippen molar-refractivity contribution in [2.75, 3.05) is 13.6 Å². The zero-order chi connectivity index (χ0) is 13.5. The summed E-state index contributed by atoms with van der Waals surface area (Å²) in [7, 11) is 1.81. The zero-order valence-corrected chi connectivity index (χ0v) is 10.6. The summed E-state index contributed by atoms with van der Waals surface area (Å²) in [5.74, 6) is 4.79. The number of benzene rings is 1. The maximum Gasteiger partial charge on any atom is 0.255 e. The summed E-state index contributed by atoms with van der Waals surface area (Å²) in [6.07, 6.45) is 0. The molecule has 2 atom stereocenters. The Balaban J connectivity index is 2.93. The zero-order valence-electron chi connectivity index (χ0n) is 10.6. The van der Waals surface area contributed by atoms with Crippen molar-refractivity contribution in [2.45, 2.75) is 13.0 Å². The summed E-state index contributed by atoms with van der Waals surface area (Å²) in [4.78, 5) is 13.7. The summed E-state index contributed by atoms with van der Waals surface area (Å²) in [6.45, 7) is 2.32. The van der Waals surface area contributed by atoms with Gasteiger partial charge >= 0.3 is 0 Å². The molecular weight excluding hydrogens is 228 g/mol. The minimum absolute atomic E-state index is 0.146. The lowest BCUT2D eigenvalue weighted by Gasteiger charge is -2.27. The van der Waals surface area contributed by atoms with Gasteiger partial charge in [0.15, 0.2) is 0 Å². The number of nitriles is 1. The van der Waals surface area contributed by atoms with Gasteiger partial charge in [-0.25, -0.2) is 5.84 Å². The van der Waals surface area contributed by atoms with E-state index in [-0.39, 0.29) is 11.8 Å². The first-order valence-electron chi connectivity index (χ1n) is 5.75. The summed E-state index contributed by atoms with van der Waals surface area (Å²) in [6, 6.07) is 11.0. The molecule has 0 saturated carbocycles. The Kier molecular flexibility index (Phi) is 5.31. The number of rotatable bonds is 5. The number of amides is 1. The van der Waals surface area contributed by atoms with Crippen LogP contribution in [0, 0.1) is 17.2 Å². The van der Waals surface area contributed by atoms with Crippen molar-refractivity contribution in [3.05, 3.63) is 35.9 Å². The van der Waals surface area contributed by atoms with E-state index >= 15 is 0 Å². The van der Waals surface area contributed by atoms with Crippen LogP contribution in [0.4, 0.5) is 0 Å². The van der Waals surface area contributed by atoms with E-state index in [0.29, 0.717) is 6.54 Å². The number of hydrogen-bond donors (Lipinski definition) is 2. The third-order valence-corrected chi connectivity index (χ3v) is 2.73. The lowest BCUT2D eigenvalue weighted by atomic mass is 10.0. The van der Waals surface area contributed by atoms with Crippen LogP contribution in [0.25, 0.3) is 0 Å². The largest absolute Gasteiger partial charge is 0.293 e. The third-order valence-electron chi connectivity index (χ3n) is 2.73. The van der Waals surface area contributed by atoms with Crippen LogP contribution < -0.4 is 11.3 Å². The lowest BCUT2D eigenvalue weighted by molar-refractivity contribution is -0.126. The van der Waals surface area contributed by atoms with Gasteiger partial charge in [-0.3, -0.25) is 15.1 Å². The van der Waals surface area contributed by atoms with Gasteiger partial charge in [0, 0.05) is 6.54 Å². The van der Waals surface area contributed by atoms with E-state index in [9.17, 15) is 4.79 Å². The quantitative estimate of drug-likeness (QED) is 0.457. The van der Waals surface area contributed by atoms with Gasteiger partial charge < -0.3 is 0 Å². The minimum Gasteiger partial charge on any atom is -0.293 e. The molecule has 1 rings (SSSR count). The Bertz CT molecular complexity index is 426. The van der Waals surface area contributed by atoms with E-state index in [1.807, 2.05) is 42.2 Å². The molecule has 18 heavy (non-hydrogen) atoms. The van der Waals surface area contributed by atoms with Crippen LogP contribution in [0.1, 0.15) is 18.5 Å². The molecule has 0 aliphatic carbocycles. The predicted molar refractivity (Wildman–Crippen MR) is 68.9 cm³/mol. The van der Waals surface area contributed by atoms with Gasteiger partial charge in [0.05, 0.1) is 12.0 Å². The Morgan fingerprint density at radius 2 is 2.11 bits per heavy atom. The van der Waals surface area contributed by atoms with E-state index in [1.165, 1.54) is 0 Å². The third kappa shape index (κ3) is 3.55. The van der Waals surface area contributed by atoms with Crippen LogP contribution in [0.5, 0.6) is 0 Å². The van der Waals surface area contributed by atoms with Crippen molar-refractivity contribution in [3.8, 4) is 6.07 Å². The number of carbonyl (C=O) groups is 1. The van der Waals surface area contributed by atoms with Crippen molar-refractivity contribution >= 4 is 5.91 Å². The van der Waals surface area contributed by atoms with Gasteiger partial charge in [-0.2, -0.15) is 5.26 Å². The fourth-order valence-corrected chi connectivity index (χ4v) is 1.90. The highest BCUT2D eigenvalue weighted by Gasteiger charge is 2.25. The second-order valence-electron chi connectivity index (χ2n) is 4.29. The molecule has 5 heteroatoms. The van der Waals surface area contributed by atoms with Crippen LogP contribution in [0.2, 0.25) is 0 Å². The summed E-state index contributed by atoms with van der Waals surface area (Å²) in [5, 5.41) is 8.83. The number of carbonyl (C=O) groups excluding carboxylic acids is 1. The van der Waals surface area contributed by atoms with E-state index in [1.54, 1.807) is 7.05 Å². The van der Waals surface area contributed by atoms with Gasteiger partial charge in [0.1, 0.15) is 6.04 Å². The molecule has 0 aromatic heterocycles. The molecule has 3 N–H and O–H groups in total. The van der Waals surface area contributed by atoms with Gasteiger partial charge in [-0.1, -0.05) is 30.3 Å². The molecule has 0 aliphatic heterocycles. The second kappa shape index (κ2) is 6.74. The number of nitrogens with one attached hydrogen (secondary N) is 1. The van der Waals surface area contributed by atoms with Crippen molar-refractivity contribution in [3.63, 3.8) is 0 Å². The SMILES string of the molecule is CC(C#N)CN(C)C(C(=O)NN)c1ccccc1. The molecule has 0 bridgehead atoms. The number of nitrogens with zero attached hydrogens (tertiary/aromatic N) is 2. The fraction of sp³-hybridized carbons (Fsp3) is 0.385. The number of hydrogen-bond acceptors (Lipinski definition) is 4. The average molecular weight is 246 g/mol. The minimum atomic E-state index is -0.480. The van der Waals surface area contributed by atoms with Crippen LogP contribution in [-0.2, 0) is 4.79 Å². The first-order valence-corrected chi connectivity index (χ1v) is 5.75. The molecule has 0 spiro atoms. The van der Waals surface area contributed by atoms with Gasteiger partial charge in [0.25, 0.3) is 5.91 Å². The molecule has 5 nitrogen and oxygen atoms in total. The molecule has 0 heterocycles. The normalized spacial score (nSPS) is 13.7. The van der Waals surface area contributed by atoms with Crippen molar-refractivity contribution < 1.29 is 4.79 Å². The molecule has 0 saturated heterocycles. The molecule has 1 amide bonds. The smallest absolute Gasteiger partial charge is 0.255 e. The van der Waals surface area contributed by atoms with E-state index in [4.69, 9.17) is 11.1 Å². The highest BCUT2D eigenvalue weighted by Crippen LogP contribution is 2.20. The first-order chi connectivity index (χ1) is 8.60.